The molecule has 0 spiro atoms. The number of para-hydroxylation sites is 1. The van der Waals surface area contributed by atoms with E-state index in [-0.39, 0.29) is 11.5 Å². The van der Waals surface area contributed by atoms with Gasteiger partial charge in [0, 0.05) is 44.3 Å². The Morgan fingerprint density at radius 2 is 1.56 bits per heavy atom. The largest absolute Gasteiger partial charge is 0.368 e. The second-order valence-electron chi connectivity index (χ2n) is 6.89. The van der Waals surface area contributed by atoms with Crippen molar-refractivity contribution in [3.05, 3.63) is 70.1 Å². The molecular weight excluding hydrogens is 340 g/mol. The van der Waals surface area contributed by atoms with E-state index >= 15 is 0 Å². The summed E-state index contributed by atoms with van der Waals surface area (Å²) < 4.78 is 1.25. The molecule has 0 atom stereocenters. The van der Waals surface area contributed by atoms with Crippen molar-refractivity contribution in [3.8, 4) is 0 Å². The Balaban J connectivity index is 1.59. The second-order valence-corrected chi connectivity index (χ2v) is 6.89. The van der Waals surface area contributed by atoms with Gasteiger partial charge in [-0.05, 0) is 24.6 Å². The number of hydrogen-bond acceptors (Lipinski definition) is 4. The Morgan fingerprint density at radius 1 is 0.926 bits per heavy atom. The average Bonchev–Trinajstić information content (AvgIpc) is 2.71. The normalized spacial score (nSPS) is 14.6. The quantitative estimate of drug-likeness (QED) is 0.701. The summed E-state index contributed by atoms with van der Waals surface area (Å²) in [5.74, 6) is -0.119. The van der Waals surface area contributed by atoms with Crippen molar-refractivity contribution in [1.82, 2.24) is 14.7 Å². The van der Waals surface area contributed by atoms with Crippen molar-refractivity contribution in [1.29, 1.82) is 0 Å². The summed E-state index contributed by atoms with van der Waals surface area (Å²) in [4.78, 5) is 29.5. The highest BCUT2D eigenvalue weighted by atomic mass is 16.2. The number of carbonyl (C=O) groups is 1. The van der Waals surface area contributed by atoms with Crippen LogP contribution in [0.5, 0.6) is 0 Å². The van der Waals surface area contributed by atoms with Crippen molar-refractivity contribution in [2.24, 2.45) is 7.05 Å². The number of nitrogens with zero attached hydrogens (tertiary/aromatic N) is 4. The SMILES string of the molecule is Cc1ccccc1N1CCN(C(=O)c2nn(C)c(=O)c3ccccc23)CC1. The minimum Gasteiger partial charge on any atom is -0.368 e. The number of hydrogen-bond donors (Lipinski definition) is 0. The number of carbonyl (C=O) groups excluding carboxylic acids is 1. The van der Waals surface area contributed by atoms with Crippen LogP contribution in [0.15, 0.2) is 53.3 Å². The van der Waals surface area contributed by atoms with Crippen molar-refractivity contribution >= 4 is 22.4 Å². The first-order valence-electron chi connectivity index (χ1n) is 9.12. The number of anilines is 1. The molecule has 4 rings (SSSR count). The van der Waals surface area contributed by atoms with E-state index in [1.165, 1.54) is 15.9 Å². The molecule has 1 amide bonds. The average molecular weight is 362 g/mol. The number of aryl methyl sites for hydroxylation is 2. The highest BCUT2D eigenvalue weighted by Gasteiger charge is 2.26. The molecule has 1 aliphatic heterocycles. The van der Waals surface area contributed by atoms with Gasteiger partial charge in [-0.1, -0.05) is 36.4 Å². The molecule has 0 aliphatic carbocycles. The third-order valence-corrected chi connectivity index (χ3v) is 5.18. The third-order valence-electron chi connectivity index (χ3n) is 5.18. The second kappa shape index (κ2) is 6.87. The van der Waals surface area contributed by atoms with Crippen molar-refractivity contribution < 1.29 is 4.79 Å². The van der Waals surface area contributed by atoms with Gasteiger partial charge in [0.15, 0.2) is 5.69 Å². The van der Waals surface area contributed by atoms with Gasteiger partial charge < -0.3 is 9.80 Å². The predicted molar refractivity (Wildman–Crippen MR) is 106 cm³/mol. The van der Waals surface area contributed by atoms with E-state index in [2.05, 4.69) is 29.1 Å². The maximum Gasteiger partial charge on any atom is 0.275 e. The van der Waals surface area contributed by atoms with E-state index < -0.39 is 0 Å². The number of benzene rings is 2. The molecule has 138 valence electrons. The maximum atomic E-state index is 13.1. The van der Waals surface area contributed by atoms with E-state index in [1.54, 1.807) is 25.2 Å². The summed E-state index contributed by atoms with van der Waals surface area (Å²) in [7, 11) is 1.58. The minimum absolute atomic E-state index is 0.119. The standard InChI is InChI=1S/C21H22N4O2/c1-15-7-3-6-10-18(15)24-11-13-25(14-12-24)21(27)19-16-8-4-5-9-17(16)20(26)23(2)22-19/h3-10H,11-14H2,1-2H3. The van der Waals surface area contributed by atoms with Crippen LogP contribution >= 0.6 is 0 Å². The molecule has 6 nitrogen and oxygen atoms in total. The van der Waals surface area contributed by atoms with Crippen LogP contribution in [0.3, 0.4) is 0 Å². The molecule has 2 aromatic carbocycles. The first-order chi connectivity index (χ1) is 13.1. The highest BCUT2D eigenvalue weighted by molar-refractivity contribution is 6.04. The van der Waals surface area contributed by atoms with Crippen LogP contribution in [0, 0.1) is 6.92 Å². The zero-order valence-corrected chi connectivity index (χ0v) is 15.6. The van der Waals surface area contributed by atoms with E-state index in [0.29, 0.717) is 29.6 Å². The molecule has 3 aromatic rings. The molecule has 27 heavy (non-hydrogen) atoms. The fraction of sp³-hybridized carbons (Fsp3) is 0.286. The minimum atomic E-state index is -0.188. The van der Waals surface area contributed by atoms with Gasteiger partial charge in [-0.15, -0.1) is 0 Å². The lowest BCUT2D eigenvalue weighted by Gasteiger charge is -2.36. The number of fused-ring (bicyclic) bond motifs is 1. The summed E-state index contributed by atoms with van der Waals surface area (Å²) >= 11 is 0. The van der Waals surface area contributed by atoms with Crippen molar-refractivity contribution in [2.75, 3.05) is 31.1 Å². The summed E-state index contributed by atoms with van der Waals surface area (Å²) in [6.07, 6.45) is 0. The molecule has 0 N–H and O–H groups in total. The number of amides is 1. The smallest absolute Gasteiger partial charge is 0.275 e. The zero-order chi connectivity index (χ0) is 19.0. The first kappa shape index (κ1) is 17.3. The molecule has 0 radical (unpaired) electrons. The number of piperazine rings is 1. The van der Waals surface area contributed by atoms with E-state index in [4.69, 9.17) is 0 Å². The molecule has 1 fully saturated rings. The van der Waals surface area contributed by atoms with E-state index in [0.717, 1.165) is 13.1 Å². The molecular formula is C21H22N4O2. The summed E-state index contributed by atoms with van der Waals surface area (Å²) in [5.41, 5.74) is 2.61. The van der Waals surface area contributed by atoms with Gasteiger partial charge in [-0.25, -0.2) is 4.68 Å². The molecule has 6 heteroatoms. The number of rotatable bonds is 2. The van der Waals surface area contributed by atoms with E-state index in [1.807, 2.05) is 23.1 Å². The van der Waals surface area contributed by atoms with Crippen molar-refractivity contribution in [2.45, 2.75) is 6.92 Å². The van der Waals surface area contributed by atoms with Gasteiger partial charge in [0.05, 0.1) is 5.39 Å². The maximum absolute atomic E-state index is 13.1. The van der Waals surface area contributed by atoms with Gasteiger partial charge >= 0.3 is 0 Å². The molecule has 1 aliphatic rings. The van der Waals surface area contributed by atoms with Gasteiger partial charge in [0.2, 0.25) is 0 Å². The molecule has 1 saturated heterocycles. The molecule has 0 saturated carbocycles. The van der Waals surface area contributed by atoms with Gasteiger partial charge in [-0.3, -0.25) is 9.59 Å². The third kappa shape index (κ3) is 3.07. The number of aromatic nitrogens is 2. The Hall–Kier alpha value is -3.15. The van der Waals surface area contributed by atoms with Crippen LogP contribution in [0.1, 0.15) is 16.1 Å². The molecule has 0 unspecified atom stereocenters. The lowest BCUT2D eigenvalue weighted by Crippen LogP contribution is -2.49. The van der Waals surface area contributed by atoms with Crippen LogP contribution in [-0.4, -0.2) is 46.8 Å². The fourth-order valence-corrected chi connectivity index (χ4v) is 3.68. The van der Waals surface area contributed by atoms with Crippen LogP contribution in [-0.2, 0) is 7.05 Å². The Labute approximate surface area is 157 Å². The topological polar surface area (TPSA) is 58.4 Å². The molecule has 1 aromatic heterocycles. The Bertz CT molecular complexity index is 1070. The monoisotopic (exact) mass is 362 g/mol. The summed E-state index contributed by atoms with van der Waals surface area (Å²) in [6, 6.07) is 15.5. The molecule has 2 heterocycles. The Kier molecular flexibility index (Phi) is 4.39. The van der Waals surface area contributed by atoms with Crippen LogP contribution < -0.4 is 10.5 Å². The van der Waals surface area contributed by atoms with Gasteiger partial charge in [-0.2, -0.15) is 5.10 Å². The Morgan fingerprint density at radius 3 is 2.26 bits per heavy atom. The fourth-order valence-electron chi connectivity index (χ4n) is 3.68. The molecule has 0 bridgehead atoms. The van der Waals surface area contributed by atoms with Crippen LogP contribution in [0.4, 0.5) is 5.69 Å². The first-order valence-corrected chi connectivity index (χ1v) is 9.12. The van der Waals surface area contributed by atoms with Crippen LogP contribution in [0.2, 0.25) is 0 Å². The zero-order valence-electron chi connectivity index (χ0n) is 15.6. The summed E-state index contributed by atoms with van der Waals surface area (Å²) in [6.45, 7) is 4.92. The summed E-state index contributed by atoms with van der Waals surface area (Å²) in [5, 5.41) is 5.41. The lowest BCUT2D eigenvalue weighted by atomic mass is 10.1. The van der Waals surface area contributed by atoms with Crippen molar-refractivity contribution in [3.63, 3.8) is 0 Å². The van der Waals surface area contributed by atoms with E-state index in [9.17, 15) is 9.59 Å². The highest BCUT2D eigenvalue weighted by Crippen LogP contribution is 2.22. The lowest BCUT2D eigenvalue weighted by molar-refractivity contribution is 0.0740. The van der Waals surface area contributed by atoms with Gasteiger partial charge in [0.25, 0.3) is 11.5 Å². The van der Waals surface area contributed by atoms with Crippen LogP contribution in [0.25, 0.3) is 10.8 Å². The predicted octanol–water partition coefficient (Wildman–Crippen LogP) is 2.20. The van der Waals surface area contributed by atoms with Gasteiger partial charge in [0.1, 0.15) is 0 Å².